The molecule has 1 aromatic heterocycles. The molecule has 0 spiro atoms. The van der Waals surface area contributed by atoms with Crippen LogP contribution < -0.4 is 0 Å². The normalized spacial score (nSPS) is 19.4. The molecule has 1 aliphatic heterocycles. The number of aromatic nitrogens is 4. The van der Waals surface area contributed by atoms with Crippen LogP contribution in [0.3, 0.4) is 0 Å². The van der Waals surface area contributed by atoms with E-state index in [2.05, 4.69) is 32.2 Å². The van der Waals surface area contributed by atoms with E-state index in [1.807, 2.05) is 41.9 Å². The summed E-state index contributed by atoms with van der Waals surface area (Å²) >= 11 is 0. The number of rotatable bonds is 8. The highest BCUT2D eigenvalue weighted by Gasteiger charge is 2.26. The summed E-state index contributed by atoms with van der Waals surface area (Å²) in [4.78, 5) is 5.00. The summed E-state index contributed by atoms with van der Waals surface area (Å²) in [5, 5.41) is 12.3. The van der Waals surface area contributed by atoms with Crippen LogP contribution in [-0.4, -0.2) is 75.4 Å². The summed E-state index contributed by atoms with van der Waals surface area (Å²) in [6.45, 7) is 10.9. The number of benzene rings is 1. The van der Waals surface area contributed by atoms with Crippen LogP contribution in [0.5, 0.6) is 0 Å². The van der Waals surface area contributed by atoms with Gasteiger partial charge < -0.3 is 4.74 Å². The summed E-state index contributed by atoms with van der Waals surface area (Å²) in [5.41, 5.74) is 1.00. The van der Waals surface area contributed by atoms with Crippen LogP contribution in [0.1, 0.15) is 26.1 Å². The van der Waals surface area contributed by atoms with Gasteiger partial charge in [0.1, 0.15) is 0 Å². The molecule has 2 aromatic rings. The minimum atomic E-state index is 0.565. The second-order valence-corrected chi connectivity index (χ2v) is 6.37. The minimum Gasteiger partial charge on any atom is -0.380 e. The van der Waals surface area contributed by atoms with Crippen LogP contribution in [0.25, 0.3) is 5.69 Å². The molecule has 1 saturated heterocycles. The zero-order valence-electron chi connectivity index (χ0n) is 15.2. The van der Waals surface area contributed by atoms with Crippen LogP contribution in [0.15, 0.2) is 30.3 Å². The van der Waals surface area contributed by atoms with Gasteiger partial charge in [0.2, 0.25) is 0 Å². The summed E-state index contributed by atoms with van der Waals surface area (Å²) < 4.78 is 7.36. The van der Waals surface area contributed by atoms with E-state index in [0.717, 1.165) is 63.9 Å². The quantitative estimate of drug-likeness (QED) is 0.678. The zero-order chi connectivity index (χ0) is 17.5. The maximum atomic E-state index is 5.52. The Bertz CT molecular complexity index is 632. The van der Waals surface area contributed by atoms with E-state index in [1.54, 1.807) is 0 Å². The van der Waals surface area contributed by atoms with E-state index in [4.69, 9.17) is 4.74 Å². The first-order chi connectivity index (χ1) is 12.3. The number of piperazine rings is 1. The Kier molecular flexibility index (Phi) is 6.49. The molecule has 0 radical (unpaired) electrons. The molecule has 3 rings (SSSR count). The molecule has 136 valence electrons. The molecule has 7 nitrogen and oxygen atoms in total. The van der Waals surface area contributed by atoms with Crippen molar-refractivity contribution in [3.05, 3.63) is 36.2 Å². The number of hydrogen-bond acceptors (Lipinski definition) is 6. The van der Waals surface area contributed by atoms with Crippen LogP contribution in [-0.2, 0) is 11.3 Å². The summed E-state index contributed by atoms with van der Waals surface area (Å²) in [6.07, 6.45) is 1.15. The largest absolute Gasteiger partial charge is 0.380 e. The van der Waals surface area contributed by atoms with Gasteiger partial charge in [0.15, 0.2) is 5.82 Å². The molecule has 1 fully saturated rings. The third-order valence-electron chi connectivity index (χ3n) is 4.79. The SMILES string of the molecule is CCOCCN1CCN(Cc2nnnn2-c2ccccc2)CC1CC. The molecule has 0 amide bonds. The average Bonchev–Trinajstić information content (AvgIpc) is 3.11. The highest BCUT2D eigenvalue weighted by molar-refractivity contribution is 5.30. The van der Waals surface area contributed by atoms with Crippen molar-refractivity contribution in [1.82, 2.24) is 30.0 Å². The number of hydrogen-bond donors (Lipinski definition) is 0. The van der Waals surface area contributed by atoms with E-state index in [9.17, 15) is 0 Å². The maximum Gasteiger partial charge on any atom is 0.170 e. The molecule has 1 aliphatic rings. The van der Waals surface area contributed by atoms with Crippen LogP contribution >= 0.6 is 0 Å². The lowest BCUT2D eigenvalue weighted by Gasteiger charge is -2.40. The van der Waals surface area contributed by atoms with Gasteiger partial charge in [-0.2, -0.15) is 4.68 Å². The second-order valence-electron chi connectivity index (χ2n) is 6.37. The van der Waals surface area contributed by atoms with Crippen molar-refractivity contribution in [2.45, 2.75) is 32.9 Å². The van der Waals surface area contributed by atoms with Gasteiger partial charge in [0.25, 0.3) is 0 Å². The molecule has 25 heavy (non-hydrogen) atoms. The molecule has 1 aromatic carbocycles. The summed E-state index contributed by atoms with van der Waals surface area (Å²) in [7, 11) is 0. The van der Waals surface area contributed by atoms with Crippen molar-refractivity contribution in [1.29, 1.82) is 0 Å². The Balaban J connectivity index is 1.61. The van der Waals surface area contributed by atoms with Gasteiger partial charge in [-0.15, -0.1) is 5.10 Å². The predicted molar refractivity (Wildman–Crippen MR) is 96.6 cm³/mol. The van der Waals surface area contributed by atoms with Gasteiger partial charge in [-0.25, -0.2) is 0 Å². The van der Waals surface area contributed by atoms with Gasteiger partial charge in [-0.3, -0.25) is 9.80 Å². The number of nitrogens with zero attached hydrogens (tertiary/aromatic N) is 6. The van der Waals surface area contributed by atoms with E-state index in [-0.39, 0.29) is 0 Å². The summed E-state index contributed by atoms with van der Waals surface area (Å²) in [6, 6.07) is 10.6. The van der Waals surface area contributed by atoms with Gasteiger partial charge in [0.05, 0.1) is 18.8 Å². The molecule has 1 atom stereocenters. The van der Waals surface area contributed by atoms with Gasteiger partial charge in [-0.1, -0.05) is 25.1 Å². The van der Waals surface area contributed by atoms with Crippen LogP contribution in [0.2, 0.25) is 0 Å². The first-order valence-electron chi connectivity index (χ1n) is 9.18. The second kappa shape index (κ2) is 9.03. The van der Waals surface area contributed by atoms with Crippen molar-refractivity contribution in [2.75, 3.05) is 39.4 Å². The molecule has 0 N–H and O–H groups in total. The maximum absolute atomic E-state index is 5.52. The first kappa shape index (κ1) is 18.0. The van der Waals surface area contributed by atoms with E-state index < -0.39 is 0 Å². The molecule has 0 aliphatic carbocycles. The minimum absolute atomic E-state index is 0.565. The Hall–Kier alpha value is -1.83. The number of para-hydroxylation sites is 1. The van der Waals surface area contributed by atoms with E-state index in [1.165, 1.54) is 0 Å². The zero-order valence-corrected chi connectivity index (χ0v) is 15.2. The number of ether oxygens (including phenoxy) is 1. The van der Waals surface area contributed by atoms with E-state index >= 15 is 0 Å². The highest BCUT2D eigenvalue weighted by atomic mass is 16.5. The van der Waals surface area contributed by atoms with Crippen LogP contribution in [0, 0.1) is 0 Å². The first-order valence-corrected chi connectivity index (χ1v) is 9.18. The molecule has 0 bridgehead atoms. The topological polar surface area (TPSA) is 59.3 Å². The van der Waals surface area contributed by atoms with Gasteiger partial charge >= 0.3 is 0 Å². The van der Waals surface area contributed by atoms with E-state index in [0.29, 0.717) is 6.04 Å². The van der Waals surface area contributed by atoms with Crippen LogP contribution in [0.4, 0.5) is 0 Å². The Labute approximate surface area is 149 Å². The van der Waals surface area contributed by atoms with Crippen molar-refractivity contribution >= 4 is 0 Å². The molecule has 7 heteroatoms. The standard InChI is InChI=1S/C18H28N6O/c1-3-16-14-22(10-11-23(16)12-13-25-4-2)15-18-19-20-21-24(18)17-8-6-5-7-9-17/h5-9,16H,3-4,10-15H2,1-2H3. The fourth-order valence-electron chi connectivity index (χ4n) is 3.38. The highest BCUT2D eigenvalue weighted by Crippen LogP contribution is 2.16. The third kappa shape index (κ3) is 4.62. The molecular formula is C18H28N6O. The lowest BCUT2D eigenvalue weighted by Crippen LogP contribution is -2.53. The predicted octanol–water partition coefficient (Wildman–Crippen LogP) is 1.59. The molecule has 1 unspecified atom stereocenters. The van der Waals surface area contributed by atoms with Crippen molar-refractivity contribution in [3.8, 4) is 5.69 Å². The number of tetrazole rings is 1. The lowest BCUT2D eigenvalue weighted by molar-refractivity contribution is 0.0374. The summed E-state index contributed by atoms with van der Waals surface area (Å²) in [5.74, 6) is 0.892. The van der Waals surface area contributed by atoms with Crippen molar-refractivity contribution < 1.29 is 4.74 Å². The molecular weight excluding hydrogens is 316 g/mol. The molecule has 2 heterocycles. The third-order valence-corrected chi connectivity index (χ3v) is 4.79. The Morgan fingerprint density at radius 3 is 2.76 bits per heavy atom. The van der Waals surface area contributed by atoms with Crippen molar-refractivity contribution in [2.24, 2.45) is 0 Å². The van der Waals surface area contributed by atoms with Gasteiger partial charge in [0, 0.05) is 38.8 Å². The smallest absolute Gasteiger partial charge is 0.170 e. The monoisotopic (exact) mass is 344 g/mol. The Morgan fingerprint density at radius 2 is 2.00 bits per heavy atom. The molecule has 0 saturated carbocycles. The van der Waals surface area contributed by atoms with Crippen molar-refractivity contribution in [3.63, 3.8) is 0 Å². The Morgan fingerprint density at radius 1 is 1.16 bits per heavy atom. The van der Waals surface area contributed by atoms with Gasteiger partial charge in [-0.05, 0) is 35.9 Å². The fraction of sp³-hybridized carbons (Fsp3) is 0.611. The average molecular weight is 344 g/mol. The fourth-order valence-corrected chi connectivity index (χ4v) is 3.38. The lowest BCUT2D eigenvalue weighted by atomic mass is 10.1.